The molecule has 2 rings (SSSR count). The highest BCUT2D eigenvalue weighted by Gasteiger charge is 2.15. The third-order valence-corrected chi connectivity index (χ3v) is 4.91. The summed E-state index contributed by atoms with van der Waals surface area (Å²) < 4.78 is 0. The maximum Gasteiger partial charge on any atom is 0.0545 e. The van der Waals surface area contributed by atoms with Crippen molar-refractivity contribution in [3.05, 3.63) is 28.8 Å². The van der Waals surface area contributed by atoms with Crippen LogP contribution >= 0.6 is 23.4 Å². The lowest BCUT2D eigenvalue weighted by atomic mass is 10.1. The van der Waals surface area contributed by atoms with Crippen LogP contribution in [0.1, 0.15) is 31.2 Å². The number of nitrogens with two attached hydrogens (primary N) is 1. The van der Waals surface area contributed by atoms with E-state index in [1.54, 1.807) is 0 Å². The first-order valence-electron chi connectivity index (χ1n) is 5.91. The molecule has 1 aliphatic carbocycles. The minimum Gasteiger partial charge on any atom is -0.326 e. The molecule has 0 saturated heterocycles. The zero-order valence-corrected chi connectivity index (χ0v) is 11.0. The van der Waals surface area contributed by atoms with Gasteiger partial charge in [-0.25, -0.2) is 0 Å². The fourth-order valence-electron chi connectivity index (χ4n) is 2.17. The van der Waals surface area contributed by atoms with Crippen molar-refractivity contribution in [3.63, 3.8) is 0 Å². The number of rotatable bonds is 4. The minimum atomic E-state index is 0.563. The standard InChI is InChI=1S/C13H18ClNS/c14-12-7-11(8-15)5-6-13(12)16-9-10-3-1-2-4-10/h5-7,10H,1-4,8-9,15H2. The first kappa shape index (κ1) is 12.3. The second-order valence-corrected chi connectivity index (χ2v) is 5.90. The summed E-state index contributed by atoms with van der Waals surface area (Å²) in [5, 5.41) is 0.853. The van der Waals surface area contributed by atoms with E-state index in [2.05, 4.69) is 12.1 Å². The smallest absolute Gasteiger partial charge is 0.0545 e. The van der Waals surface area contributed by atoms with Crippen molar-refractivity contribution in [1.82, 2.24) is 0 Å². The SMILES string of the molecule is NCc1ccc(SCC2CCCC2)c(Cl)c1. The van der Waals surface area contributed by atoms with Crippen molar-refractivity contribution in [3.8, 4) is 0 Å². The summed E-state index contributed by atoms with van der Waals surface area (Å²) in [5.41, 5.74) is 6.68. The number of halogens is 1. The van der Waals surface area contributed by atoms with Crippen LogP contribution in [-0.4, -0.2) is 5.75 Å². The van der Waals surface area contributed by atoms with Gasteiger partial charge in [0, 0.05) is 17.2 Å². The lowest BCUT2D eigenvalue weighted by Gasteiger charge is -2.10. The Morgan fingerprint density at radius 1 is 1.31 bits per heavy atom. The summed E-state index contributed by atoms with van der Waals surface area (Å²) in [7, 11) is 0. The molecular formula is C13H18ClNS. The van der Waals surface area contributed by atoms with Gasteiger partial charge in [0.25, 0.3) is 0 Å². The molecule has 2 N–H and O–H groups in total. The van der Waals surface area contributed by atoms with Crippen LogP contribution in [0.4, 0.5) is 0 Å². The van der Waals surface area contributed by atoms with Gasteiger partial charge >= 0.3 is 0 Å². The molecule has 3 heteroatoms. The third-order valence-electron chi connectivity index (χ3n) is 3.18. The average Bonchev–Trinajstić information content (AvgIpc) is 2.80. The van der Waals surface area contributed by atoms with Crippen LogP contribution in [0, 0.1) is 5.92 Å². The molecule has 0 unspecified atom stereocenters. The van der Waals surface area contributed by atoms with Crippen LogP contribution in [0.25, 0.3) is 0 Å². The molecule has 16 heavy (non-hydrogen) atoms. The molecule has 0 atom stereocenters. The van der Waals surface area contributed by atoms with Crippen molar-refractivity contribution in [2.45, 2.75) is 37.1 Å². The van der Waals surface area contributed by atoms with E-state index in [4.69, 9.17) is 17.3 Å². The first-order valence-corrected chi connectivity index (χ1v) is 7.27. The summed E-state index contributed by atoms with van der Waals surface area (Å²) in [5.74, 6) is 2.11. The van der Waals surface area contributed by atoms with Crippen molar-refractivity contribution >= 4 is 23.4 Å². The number of benzene rings is 1. The van der Waals surface area contributed by atoms with Crippen LogP contribution in [0.2, 0.25) is 5.02 Å². The molecule has 88 valence electrons. The van der Waals surface area contributed by atoms with Gasteiger partial charge in [-0.1, -0.05) is 30.5 Å². The fourth-order valence-corrected chi connectivity index (χ4v) is 3.65. The van der Waals surface area contributed by atoms with Crippen LogP contribution in [0.5, 0.6) is 0 Å². The van der Waals surface area contributed by atoms with E-state index in [1.165, 1.54) is 36.3 Å². The van der Waals surface area contributed by atoms with Crippen LogP contribution in [0.3, 0.4) is 0 Å². The highest BCUT2D eigenvalue weighted by atomic mass is 35.5. The second-order valence-electron chi connectivity index (χ2n) is 4.43. The zero-order valence-electron chi connectivity index (χ0n) is 9.42. The molecule has 0 heterocycles. The summed E-state index contributed by atoms with van der Waals surface area (Å²) in [4.78, 5) is 1.20. The Hall–Kier alpha value is -0.180. The molecule has 1 nitrogen and oxygen atoms in total. The normalized spacial score (nSPS) is 16.9. The van der Waals surface area contributed by atoms with Gasteiger partial charge < -0.3 is 5.73 Å². The van der Waals surface area contributed by atoms with Gasteiger partial charge in [0.05, 0.1) is 5.02 Å². The van der Waals surface area contributed by atoms with E-state index in [9.17, 15) is 0 Å². The Balaban J connectivity index is 1.93. The van der Waals surface area contributed by atoms with E-state index in [1.807, 2.05) is 17.8 Å². The Kier molecular flexibility index (Phi) is 4.56. The Bertz CT molecular complexity index is 348. The topological polar surface area (TPSA) is 26.0 Å². The number of thioether (sulfide) groups is 1. The summed E-state index contributed by atoms with van der Waals surface area (Å²) >= 11 is 8.11. The van der Waals surface area contributed by atoms with Crippen molar-refractivity contribution < 1.29 is 0 Å². The van der Waals surface area contributed by atoms with E-state index in [0.717, 1.165) is 16.5 Å². The van der Waals surface area contributed by atoms with Gasteiger partial charge in [0.1, 0.15) is 0 Å². The van der Waals surface area contributed by atoms with Gasteiger partial charge in [0.15, 0.2) is 0 Å². The van der Waals surface area contributed by atoms with Gasteiger partial charge in [-0.05, 0) is 36.5 Å². The number of hydrogen-bond donors (Lipinski definition) is 1. The predicted molar refractivity (Wildman–Crippen MR) is 72.0 cm³/mol. The summed E-state index contributed by atoms with van der Waals surface area (Å²) in [6, 6.07) is 6.16. The van der Waals surface area contributed by atoms with Crippen LogP contribution in [-0.2, 0) is 6.54 Å². The molecule has 0 radical (unpaired) electrons. The number of hydrogen-bond acceptors (Lipinski definition) is 2. The molecule has 1 saturated carbocycles. The predicted octanol–water partition coefficient (Wildman–Crippen LogP) is 4.08. The van der Waals surface area contributed by atoms with Crippen molar-refractivity contribution in [2.24, 2.45) is 11.7 Å². The summed E-state index contributed by atoms with van der Waals surface area (Å²) in [6.07, 6.45) is 5.60. The van der Waals surface area contributed by atoms with Crippen molar-refractivity contribution in [1.29, 1.82) is 0 Å². The summed E-state index contributed by atoms with van der Waals surface area (Å²) in [6.45, 7) is 0.563. The van der Waals surface area contributed by atoms with E-state index < -0.39 is 0 Å². The molecule has 0 spiro atoms. The van der Waals surface area contributed by atoms with Crippen LogP contribution < -0.4 is 5.73 Å². The van der Waals surface area contributed by atoms with E-state index in [0.29, 0.717) is 6.54 Å². The highest BCUT2D eigenvalue weighted by molar-refractivity contribution is 7.99. The molecule has 0 bridgehead atoms. The zero-order chi connectivity index (χ0) is 11.4. The van der Waals surface area contributed by atoms with Crippen LogP contribution in [0.15, 0.2) is 23.1 Å². The molecule has 1 aromatic rings. The van der Waals surface area contributed by atoms with Gasteiger partial charge in [-0.3, -0.25) is 0 Å². The Morgan fingerprint density at radius 2 is 2.06 bits per heavy atom. The van der Waals surface area contributed by atoms with Gasteiger partial charge in [-0.2, -0.15) is 0 Å². The average molecular weight is 256 g/mol. The third kappa shape index (κ3) is 3.16. The minimum absolute atomic E-state index is 0.563. The molecular weight excluding hydrogens is 238 g/mol. The maximum atomic E-state index is 6.22. The fraction of sp³-hybridized carbons (Fsp3) is 0.538. The van der Waals surface area contributed by atoms with E-state index in [-0.39, 0.29) is 0 Å². The largest absolute Gasteiger partial charge is 0.326 e. The molecule has 0 aliphatic heterocycles. The second kappa shape index (κ2) is 5.95. The Labute approximate surface area is 107 Å². The highest BCUT2D eigenvalue weighted by Crippen LogP contribution is 2.34. The van der Waals surface area contributed by atoms with Gasteiger partial charge in [-0.15, -0.1) is 11.8 Å². The molecule has 1 aromatic carbocycles. The molecule has 1 aliphatic rings. The molecule has 1 fully saturated rings. The molecule has 0 amide bonds. The Morgan fingerprint density at radius 3 is 2.69 bits per heavy atom. The lowest BCUT2D eigenvalue weighted by Crippen LogP contribution is -1.98. The quantitative estimate of drug-likeness (QED) is 0.821. The first-order chi connectivity index (χ1) is 7.79. The van der Waals surface area contributed by atoms with Gasteiger partial charge in [0.2, 0.25) is 0 Å². The monoisotopic (exact) mass is 255 g/mol. The van der Waals surface area contributed by atoms with Crippen molar-refractivity contribution in [2.75, 3.05) is 5.75 Å². The molecule has 0 aromatic heterocycles. The lowest BCUT2D eigenvalue weighted by molar-refractivity contribution is 0.623. The van der Waals surface area contributed by atoms with E-state index >= 15 is 0 Å². The maximum absolute atomic E-state index is 6.22.